The molecular weight excluding hydrogens is 627 g/mol. The molecule has 0 aromatic heterocycles. The number of likely N-dealkylation sites (N-methyl/N-ethyl adjacent to an activating group) is 1. The number of ketones is 1. The Bertz CT molecular complexity index is 1200. The van der Waals surface area contributed by atoms with Crippen molar-refractivity contribution in [2.45, 2.75) is 130 Å². The third-order valence-electron chi connectivity index (χ3n) is 10.9. The van der Waals surface area contributed by atoms with Crippen LogP contribution in [0.25, 0.3) is 0 Å². The van der Waals surface area contributed by atoms with Crippen molar-refractivity contribution in [3.8, 4) is 0 Å². The predicted octanol–water partition coefficient (Wildman–Crippen LogP) is 5.36. The van der Waals surface area contributed by atoms with Gasteiger partial charge < -0.3 is 34.0 Å². The molecule has 13 heteroatoms. The van der Waals surface area contributed by atoms with Crippen LogP contribution >= 0.6 is 7.82 Å². The van der Waals surface area contributed by atoms with Gasteiger partial charge >= 0.3 is 13.9 Å². The molecule has 0 bridgehead atoms. The molecule has 12 nitrogen and oxygen atoms in total. The van der Waals surface area contributed by atoms with Crippen LogP contribution in [0.3, 0.4) is 0 Å². The second kappa shape index (κ2) is 14.1. The van der Waals surface area contributed by atoms with Gasteiger partial charge in [-0.1, -0.05) is 47.1 Å². The average Bonchev–Trinajstić information content (AvgIpc) is 3.34. The van der Waals surface area contributed by atoms with E-state index in [9.17, 15) is 24.2 Å². The first-order valence-electron chi connectivity index (χ1n) is 17.0. The predicted molar refractivity (Wildman–Crippen MR) is 178 cm³/mol. The summed E-state index contributed by atoms with van der Waals surface area (Å²) < 4.78 is 43.1. The molecule has 10 unspecified atom stereocenters. The van der Waals surface area contributed by atoms with E-state index in [0.29, 0.717) is 30.3 Å². The molecule has 3 aliphatic rings. The van der Waals surface area contributed by atoms with Gasteiger partial charge in [-0.05, 0) is 64.2 Å². The van der Waals surface area contributed by atoms with Gasteiger partial charge in [-0.3, -0.25) is 13.8 Å². The highest BCUT2D eigenvalue weighted by atomic mass is 31.2. The third kappa shape index (κ3) is 8.51. The molecular formula is C34H62N2O10P+. The number of nitrogens with zero attached hydrogens (tertiary/aromatic N) is 1. The Morgan fingerprint density at radius 3 is 2.38 bits per heavy atom. The molecule has 3 rings (SSSR count). The molecule has 0 aromatic carbocycles. The summed E-state index contributed by atoms with van der Waals surface area (Å²) >= 11 is 0. The van der Waals surface area contributed by atoms with E-state index in [-0.39, 0.29) is 25.3 Å². The Morgan fingerprint density at radius 1 is 1.19 bits per heavy atom. The summed E-state index contributed by atoms with van der Waals surface area (Å²) in [7, 11) is 0.972. The summed E-state index contributed by atoms with van der Waals surface area (Å²) in [6, 6.07) is 0. The minimum atomic E-state index is -4.75. The molecule has 3 fully saturated rings. The number of carbonyl (C=O) groups is 2. The van der Waals surface area contributed by atoms with Crippen molar-refractivity contribution in [3.63, 3.8) is 0 Å². The minimum Gasteiger partial charge on any atom is -0.444 e. The van der Waals surface area contributed by atoms with Crippen LogP contribution in [0.4, 0.5) is 4.79 Å². The standard InChI is InChI=1S/C34H61N2O10P/c1-13-15-28-43-27-19-31(7)22-32(8,23(3)14-2)25(37)18-33(31,9)34(27,44-28)26(38)21-42-47(40,41)46-24(20-36(10,11)12)16-17-35-29(39)45-30(4,5)6/h14,23-25,27-28,37H,2,13,15-22H2,1,3-12H3,(H-,35,39,40,41)/p+1. The van der Waals surface area contributed by atoms with Crippen LogP contribution in [-0.4, -0.2) is 103 Å². The summed E-state index contributed by atoms with van der Waals surface area (Å²) in [6.45, 7) is 19.2. The maximum absolute atomic E-state index is 14.4. The number of Topliss-reactive ketones (excluding diaryl/α,β-unsaturated/α-hetero) is 1. The van der Waals surface area contributed by atoms with Crippen molar-refractivity contribution in [1.29, 1.82) is 0 Å². The molecule has 3 N–H and O–H groups in total. The van der Waals surface area contributed by atoms with E-state index in [4.69, 9.17) is 23.3 Å². The molecule has 10 atom stereocenters. The third-order valence-corrected chi connectivity index (χ3v) is 11.9. The lowest BCUT2D eigenvalue weighted by Gasteiger charge is -2.59. The number of aliphatic hydroxyl groups excluding tert-OH is 1. The molecule has 2 aliphatic carbocycles. The number of ether oxygens (including phenoxy) is 3. The largest absolute Gasteiger partial charge is 0.473 e. The van der Waals surface area contributed by atoms with Crippen LogP contribution in [0.2, 0.25) is 0 Å². The smallest absolute Gasteiger partial charge is 0.444 e. The van der Waals surface area contributed by atoms with Crippen molar-refractivity contribution in [2.75, 3.05) is 40.8 Å². The van der Waals surface area contributed by atoms with Gasteiger partial charge in [0, 0.05) is 17.4 Å². The summed E-state index contributed by atoms with van der Waals surface area (Å²) in [6.07, 6.45) is 1.50. The summed E-state index contributed by atoms with van der Waals surface area (Å²) in [5.41, 5.74) is -3.93. The van der Waals surface area contributed by atoms with Crippen molar-refractivity contribution in [1.82, 2.24) is 5.32 Å². The zero-order valence-electron chi connectivity index (χ0n) is 30.6. The zero-order chi connectivity index (χ0) is 35.9. The number of aliphatic hydroxyl groups is 1. The number of nitrogens with one attached hydrogen (secondary N) is 1. The lowest BCUT2D eigenvalue weighted by atomic mass is 9.47. The molecule has 2 saturated carbocycles. The maximum Gasteiger partial charge on any atom is 0.473 e. The van der Waals surface area contributed by atoms with Crippen molar-refractivity contribution < 1.29 is 51.9 Å². The second-order valence-corrected chi connectivity index (χ2v) is 18.2. The number of phosphoric acid groups is 1. The van der Waals surface area contributed by atoms with Gasteiger partial charge in [-0.25, -0.2) is 9.36 Å². The van der Waals surface area contributed by atoms with Gasteiger partial charge in [0.15, 0.2) is 17.7 Å². The maximum atomic E-state index is 14.4. The van der Waals surface area contributed by atoms with Crippen molar-refractivity contribution >= 4 is 19.7 Å². The first-order chi connectivity index (χ1) is 21.4. The molecule has 47 heavy (non-hydrogen) atoms. The van der Waals surface area contributed by atoms with E-state index in [2.05, 4.69) is 32.7 Å². The molecule has 0 aromatic rings. The van der Waals surface area contributed by atoms with Crippen LogP contribution < -0.4 is 5.32 Å². The monoisotopic (exact) mass is 689 g/mol. The normalized spacial score (nSPS) is 36.5. The molecule has 1 saturated heterocycles. The zero-order valence-corrected chi connectivity index (χ0v) is 31.5. The average molecular weight is 690 g/mol. The van der Waals surface area contributed by atoms with Gasteiger partial charge in [0.2, 0.25) is 0 Å². The van der Waals surface area contributed by atoms with E-state index >= 15 is 0 Å². The Balaban J connectivity index is 1.81. The Hall–Kier alpha value is -1.37. The molecule has 272 valence electrons. The van der Waals surface area contributed by atoms with E-state index in [1.165, 1.54) is 0 Å². The fourth-order valence-corrected chi connectivity index (χ4v) is 9.04. The highest BCUT2D eigenvalue weighted by Gasteiger charge is 2.78. The fraction of sp³-hybridized carbons (Fsp3) is 0.882. The lowest BCUT2D eigenvalue weighted by Crippen LogP contribution is -2.64. The number of alkyl carbamates (subject to hydrolysis) is 1. The van der Waals surface area contributed by atoms with E-state index in [1.54, 1.807) is 20.8 Å². The van der Waals surface area contributed by atoms with E-state index in [1.807, 2.05) is 41.1 Å². The minimum absolute atomic E-state index is 0.0281. The number of rotatable bonds is 15. The number of phosphoric ester groups is 1. The number of quaternary nitrogens is 1. The quantitative estimate of drug-likeness (QED) is 0.117. The van der Waals surface area contributed by atoms with E-state index < -0.39 is 78.4 Å². The van der Waals surface area contributed by atoms with Gasteiger partial charge in [0.05, 0.1) is 33.4 Å². The van der Waals surface area contributed by atoms with Crippen LogP contribution in [-0.2, 0) is 32.6 Å². The molecule has 1 aliphatic heterocycles. The second-order valence-electron chi connectivity index (χ2n) is 16.8. The lowest BCUT2D eigenvalue weighted by molar-refractivity contribution is -0.873. The number of hydrogen-bond acceptors (Lipinski definition) is 9. The Labute approximate surface area is 282 Å². The van der Waals surface area contributed by atoms with E-state index in [0.717, 1.165) is 6.42 Å². The SMILES string of the molecule is C=CC(C)C1(C)CC2(C)CC3OC(CCC)OC3(C(=O)COP(=O)(O)OC(CCNC(=O)OC(C)(C)C)C[N+](C)(C)C)C2(C)CC1O. The van der Waals surface area contributed by atoms with Crippen LogP contribution in [0.1, 0.15) is 93.9 Å². The van der Waals surface area contributed by atoms with Gasteiger partial charge in [-0.15, -0.1) is 6.58 Å². The van der Waals surface area contributed by atoms with Gasteiger partial charge in [-0.2, -0.15) is 0 Å². The summed E-state index contributed by atoms with van der Waals surface area (Å²) in [5.74, 6) is -0.479. The highest BCUT2D eigenvalue weighted by molar-refractivity contribution is 7.47. The van der Waals surface area contributed by atoms with Crippen molar-refractivity contribution in [2.24, 2.45) is 22.2 Å². The van der Waals surface area contributed by atoms with Crippen LogP contribution in [0.15, 0.2) is 12.7 Å². The number of amides is 1. The number of fused-ring (bicyclic) bond motifs is 3. The Kier molecular flexibility index (Phi) is 12.0. The molecule has 1 amide bonds. The number of allylic oxidation sites excluding steroid dienone is 1. The van der Waals surface area contributed by atoms with Gasteiger partial charge in [0.1, 0.15) is 24.9 Å². The summed E-state index contributed by atoms with van der Waals surface area (Å²) in [5, 5.41) is 14.3. The molecule has 0 spiro atoms. The first kappa shape index (κ1) is 40.1. The first-order valence-corrected chi connectivity index (χ1v) is 18.5. The number of carbonyl (C=O) groups excluding carboxylic acids is 2. The highest BCUT2D eigenvalue weighted by Crippen LogP contribution is 2.72. The summed E-state index contributed by atoms with van der Waals surface area (Å²) in [4.78, 5) is 37.4. The number of hydrogen-bond donors (Lipinski definition) is 3. The van der Waals surface area contributed by atoms with Gasteiger partial charge in [0.25, 0.3) is 0 Å². The molecule has 1 heterocycles. The topological polar surface area (TPSA) is 150 Å². The van der Waals surface area contributed by atoms with Crippen molar-refractivity contribution in [3.05, 3.63) is 12.7 Å². The van der Waals surface area contributed by atoms with Crippen LogP contribution in [0, 0.1) is 22.2 Å². The fourth-order valence-electron chi connectivity index (χ4n) is 8.15. The molecule has 0 radical (unpaired) electrons. The van der Waals surface area contributed by atoms with Crippen LogP contribution in [0.5, 0.6) is 0 Å². The Morgan fingerprint density at radius 2 is 1.83 bits per heavy atom.